The number of amides is 1. The Labute approximate surface area is 168 Å². The van der Waals surface area contributed by atoms with Gasteiger partial charge in [-0.2, -0.15) is 10.1 Å². The van der Waals surface area contributed by atoms with E-state index in [1.807, 2.05) is 42.5 Å². The van der Waals surface area contributed by atoms with Crippen LogP contribution in [0.5, 0.6) is 0 Å². The first-order chi connectivity index (χ1) is 13.8. The maximum atomic E-state index is 12.8. The Morgan fingerprint density at radius 2 is 1.69 bits per heavy atom. The van der Waals surface area contributed by atoms with Gasteiger partial charge in [-0.1, -0.05) is 30.3 Å². The van der Waals surface area contributed by atoms with Gasteiger partial charge in [-0.05, 0) is 55.0 Å². The van der Waals surface area contributed by atoms with Gasteiger partial charge in [0.15, 0.2) is 0 Å². The number of nitrogens with zero attached hydrogens (tertiary/aromatic N) is 2. The lowest BCUT2D eigenvalue weighted by Crippen LogP contribution is -2.21. The molecule has 3 aromatic rings. The number of hydrazone groups is 1. The number of hydrogen-bond donors (Lipinski definition) is 2. The fraction of sp³-hybridized carbons (Fsp3) is 0.0476. The van der Waals surface area contributed by atoms with Crippen molar-refractivity contribution < 1.29 is 13.2 Å². The van der Waals surface area contributed by atoms with E-state index in [1.54, 1.807) is 25.1 Å². The molecule has 2 heterocycles. The monoisotopic (exact) mass is 406 g/mol. The average molecular weight is 406 g/mol. The third-order valence-electron chi connectivity index (χ3n) is 4.57. The van der Waals surface area contributed by atoms with Crippen LogP contribution in [0.15, 0.2) is 82.3 Å². The van der Waals surface area contributed by atoms with Crippen molar-refractivity contribution in [3.63, 3.8) is 0 Å². The second-order valence-corrected chi connectivity index (χ2v) is 8.15. The van der Waals surface area contributed by atoms with Crippen molar-refractivity contribution in [2.75, 3.05) is 5.01 Å². The predicted molar refractivity (Wildman–Crippen MR) is 113 cm³/mol. The number of aromatic nitrogens is 1. The van der Waals surface area contributed by atoms with Crippen LogP contribution in [-0.4, -0.2) is 25.0 Å². The molecule has 1 amide bonds. The largest absolute Gasteiger partial charge is 0.355 e. The van der Waals surface area contributed by atoms with Crippen LogP contribution < -0.4 is 10.1 Å². The van der Waals surface area contributed by atoms with Gasteiger partial charge in [-0.25, -0.2) is 13.6 Å². The van der Waals surface area contributed by atoms with Crippen LogP contribution in [0.2, 0.25) is 0 Å². The second-order valence-electron chi connectivity index (χ2n) is 6.59. The first kappa shape index (κ1) is 18.9. The summed E-state index contributed by atoms with van der Waals surface area (Å²) in [4.78, 5) is 16.1. The number of rotatable bonds is 4. The maximum Gasteiger partial charge on any atom is 0.280 e. The number of H-pyrrole nitrogens is 1. The number of hydrogen-bond acceptors (Lipinski definition) is 4. The van der Waals surface area contributed by atoms with Crippen LogP contribution in [-0.2, 0) is 14.8 Å². The van der Waals surface area contributed by atoms with E-state index in [1.165, 1.54) is 17.1 Å². The van der Waals surface area contributed by atoms with Crippen LogP contribution in [0.4, 0.5) is 5.69 Å². The number of carbonyl (C=O) groups is 1. The van der Waals surface area contributed by atoms with Crippen molar-refractivity contribution in [1.82, 2.24) is 4.98 Å². The molecule has 2 aromatic carbocycles. The van der Waals surface area contributed by atoms with E-state index in [2.05, 4.69) is 10.1 Å². The lowest BCUT2D eigenvalue weighted by atomic mass is 10.1. The van der Waals surface area contributed by atoms with Gasteiger partial charge in [0.2, 0.25) is 10.0 Å². The van der Waals surface area contributed by atoms with E-state index < -0.39 is 10.0 Å². The minimum Gasteiger partial charge on any atom is -0.355 e. The highest BCUT2D eigenvalue weighted by Crippen LogP contribution is 2.26. The van der Waals surface area contributed by atoms with Crippen LogP contribution in [0.1, 0.15) is 12.6 Å². The molecule has 0 atom stereocenters. The Morgan fingerprint density at radius 3 is 2.34 bits per heavy atom. The van der Waals surface area contributed by atoms with Crippen LogP contribution in [0, 0.1) is 0 Å². The zero-order chi connectivity index (χ0) is 20.6. The maximum absolute atomic E-state index is 12.8. The van der Waals surface area contributed by atoms with Crippen molar-refractivity contribution >= 4 is 33.4 Å². The Bertz CT molecular complexity index is 1240. The number of aromatic amines is 1. The molecule has 1 aliphatic heterocycles. The van der Waals surface area contributed by atoms with Gasteiger partial charge in [0.05, 0.1) is 21.9 Å². The molecule has 1 aromatic heterocycles. The molecule has 1 aliphatic rings. The third-order valence-corrected chi connectivity index (χ3v) is 5.49. The van der Waals surface area contributed by atoms with Crippen molar-refractivity contribution in [2.45, 2.75) is 11.8 Å². The van der Waals surface area contributed by atoms with E-state index in [-0.39, 0.29) is 10.8 Å². The van der Waals surface area contributed by atoms with E-state index in [0.29, 0.717) is 17.0 Å². The highest BCUT2D eigenvalue weighted by atomic mass is 32.2. The van der Waals surface area contributed by atoms with Gasteiger partial charge in [-0.15, -0.1) is 0 Å². The molecule has 0 aliphatic carbocycles. The summed E-state index contributed by atoms with van der Waals surface area (Å²) < 4.78 is 22.8. The fourth-order valence-corrected chi connectivity index (χ4v) is 3.59. The molecular weight excluding hydrogens is 388 g/mol. The van der Waals surface area contributed by atoms with E-state index in [0.717, 1.165) is 17.0 Å². The van der Waals surface area contributed by atoms with Crippen molar-refractivity contribution in [3.8, 4) is 11.3 Å². The van der Waals surface area contributed by atoms with Gasteiger partial charge in [-0.3, -0.25) is 4.79 Å². The fourth-order valence-electron chi connectivity index (χ4n) is 3.07. The number of carbonyl (C=O) groups excluding carboxylic acids is 1. The number of benzene rings is 2. The quantitative estimate of drug-likeness (QED) is 0.650. The molecule has 8 heteroatoms. The summed E-state index contributed by atoms with van der Waals surface area (Å²) in [6, 6.07) is 19.2. The zero-order valence-electron chi connectivity index (χ0n) is 15.5. The number of nitrogens with one attached hydrogen (secondary N) is 1. The van der Waals surface area contributed by atoms with Crippen LogP contribution in [0.3, 0.4) is 0 Å². The molecule has 29 heavy (non-hydrogen) atoms. The molecule has 0 unspecified atom stereocenters. The molecule has 146 valence electrons. The Morgan fingerprint density at radius 1 is 1.00 bits per heavy atom. The summed E-state index contributed by atoms with van der Waals surface area (Å²) in [6.45, 7) is 1.79. The first-order valence-corrected chi connectivity index (χ1v) is 10.4. The first-order valence-electron chi connectivity index (χ1n) is 8.82. The summed E-state index contributed by atoms with van der Waals surface area (Å²) >= 11 is 0. The zero-order valence-corrected chi connectivity index (χ0v) is 16.3. The number of anilines is 1. The van der Waals surface area contributed by atoms with Crippen LogP contribution in [0.25, 0.3) is 17.3 Å². The van der Waals surface area contributed by atoms with Gasteiger partial charge < -0.3 is 4.98 Å². The molecule has 0 spiro atoms. The van der Waals surface area contributed by atoms with Gasteiger partial charge in [0, 0.05) is 11.4 Å². The Balaban J connectivity index is 1.60. The SMILES string of the molecule is CC1=NN(c2ccccc2)C(=O)/C1=C/c1ccc(-c2ccc(S(N)(=O)=O)cc2)[nH]1. The number of para-hydroxylation sites is 1. The molecule has 0 fully saturated rings. The molecule has 0 saturated heterocycles. The Hall–Kier alpha value is -3.49. The normalized spacial score (nSPS) is 15.8. The van der Waals surface area contributed by atoms with Gasteiger partial charge >= 0.3 is 0 Å². The van der Waals surface area contributed by atoms with Crippen LogP contribution >= 0.6 is 0 Å². The topological polar surface area (TPSA) is 109 Å². The summed E-state index contributed by atoms with van der Waals surface area (Å²) in [5.74, 6) is -0.192. The lowest BCUT2D eigenvalue weighted by Gasteiger charge is -2.10. The molecule has 0 bridgehead atoms. The van der Waals surface area contributed by atoms with E-state index >= 15 is 0 Å². The molecule has 0 saturated carbocycles. The second kappa shape index (κ2) is 7.16. The standard InChI is InChI=1S/C21H18N4O3S/c1-14-19(21(26)25(24-14)17-5-3-2-4-6-17)13-16-9-12-20(23-16)15-7-10-18(11-8-15)29(22,27)28/h2-13,23H,1H3,(H2,22,27,28)/b19-13+. The van der Waals surface area contributed by atoms with Gasteiger partial charge in [0.25, 0.3) is 5.91 Å². The minimum atomic E-state index is -3.73. The van der Waals surface area contributed by atoms with Gasteiger partial charge in [0.1, 0.15) is 0 Å². The average Bonchev–Trinajstić information content (AvgIpc) is 3.28. The van der Waals surface area contributed by atoms with E-state index in [4.69, 9.17) is 5.14 Å². The lowest BCUT2D eigenvalue weighted by molar-refractivity contribution is -0.114. The molecule has 7 nitrogen and oxygen atoms in total. The number of nitrogens with two attached hydrogens (primary N) is 1. The van der Waals surface area contributed by atoms with Crippen molar-refractivity contribution in [3.05, 3.63) is 78.0 Å². The van der Waals surface area contributed by atoms with Crippen molar-refractivity contribution in [2.24, 2.45) is 10.2 Å². The summed E-state index contributed by atoms with van der Waals surface area (Å²) in [7, 11) is -3.73. The number of primary sulfonamides is 1. The molecule has 0 radical (unpaired) electrons. The summed E-state index contributed by atoms with van der Waals surface area (Å²) in [5, 5.41) is 10.9. The minimum absolute atomic E-state index is 0.0551. The summed E-state index contributed by atoms with van der Waals surface area (Å²) in [6.07, 6.45) is 1.76. The molecular formula is C21H18N4O3S. The molecule has 4 rings (SSSR count). The van der Waals surface area contributed by atoms with E-state index in [9.17, 15) is 13.2 Å². The predicted octanol–water partition coefficient (Wildman–Crippen LogP) is 3.14. The Kier molecular flexibility index (Phi) is 4.65. The number of sulfonamides is 1. The highest BCUT2D eigenvalue weighted by molar-refractivity contribution is 7.89. The highest BCUT2D eigenvalue weighted by Gasteiger charge is 2.28. The third kappa shape index (κ3) is 3.75. The summed E-state index contributed by atoms with van der Waals surface area (Å²) in [5.41, 5.74) is 4.18. The smallest absolute Gasteiger partial charge is 0.280 e. The molecule has 3 N–H and O–H groups in total. The van der Waals surface area contributed by atoms with Crippen molar-refractivity contribution in [1.29, 1.82) is 0 Å².